The van der Waals surface area contributed by atoms with E-state index in [1.54, 1.807) is 32.0 Å². The third kappa shape index (κ3) is 2.77. The summed E-state index contributed by atoms with van der Waals surface area (Å²) in [5, 5.41) is 0. The lowest BCUT2D eigenvalue weighted by atomic mass is 10.2. The van der Waals surface area contributed by atoms with Gasteiger partial charge in [-0.2, -0.15) is 8.78 Å². The standard InChI is InChI=1S/C10H12F2O/c1-8(2)13-10(11,12)9-6-4-3-5-7-9/h3-8H,1-2H3. The minimum Gasteiger partial charge on any atom is -0.314 e. The summed E-state index contributed by atoms with van der Waals surface area (Å²) in [5.41, 5.74) is -0.108. The van der Waals surface area contributed by atoms with Gasteiger partial charge in [0.15, 0.2) is 0 Å². The lowest BCUT2D eigenvalue weighted by Crippen LogP contribution is -2.22. The molecule has 0 unspecified atom stereocenters. The first-order valence-corrected chi connectivity index (χ1v) is 4.13. The lowest BCUT2D eigenvalue weighted by molar-refractivity contribution is -0.266. The molecule has 3 heteroatoms. The fourth-order valence-electron chi connectivity index (χ4n) is 0.996. The first-order valence-electron chi connectivity index (χ1n) is 4.13. The lowest BCUT2D eigenvalue weighted by Gasteiger charge is -2.19. The molecule has 0 N–H and O–H groups in total. The van der Waals surface area contributed by atoms with Crippen LogP contribution >= 0.6 is 0 Å². The molecule has 0 atom stereocenters. The summed E-state index contributed by atoms with van der Waals surface area (Å²) in [6.07, 6.45) is -3.68. The molecule has 0 saturated heterocycles. The Balaban J connectivity index is 2.81. The van der Waals surface area contributed by atoms with Gasteiger partial charge in [0.1, 0.15) is 0 Å². The fraction of sp³-hybridized carbons (Fsp3) is 0.400. The van der Waals surface area contributed by atoms with Gasteiger partial charge in [0.25, 0.3) is 0 Å². The molecule has 1 aromatic carbocycles. The number of ether oxygens (including phenoxy) is 1. The average Bonchev–Trinajstić information content (AvgIpc) is 2.04. The number of alkyl halides is 2. The predicted molar refractivity (Wildman–Crippen MR) is 46.6 cm³/mol. The van der Waals surface area contributed by atoms with E-state index in [4.69, 9.17) is 0 Å². The number of benzene rings is 1. The molecule has 72 valence electrons. The zero-order valence-electron chi connectivity index (χ0n) is 7.63. The van der Waals surface area contributed by atoms with E-state index in [0.717, 1.165) is 0 Å². The van der Waals surface area contributed by atoms with Gasteiger partial charge in [0.2, 0.25) is 0 Å². The monoisotopic (exact) mass is 186 g/mol. The molecule has 0 aliphatic carbocycles. The van der Waals surface area contributed by atoms with E-state index in [2.05, 4.69) is 4.74 Å². The van der Waals surface area contributed by atoms with Crippen LogP contribution in [0.4, 0.5) is 8.78 Å². The van der Waals surface area contributed by atoms with Crippen molar-refractivity contribution in [3.63, 3.8) is 0 Å². The van der Waals surface area contributed by atoms with Crippen LogP contribution in [-0.4, -0.2) is 6.10 Å². The number of hydrogen-bond donors (Lipinski definition) is 0. The third-order valence-electron chi connectivity index (χ3n) is 1.49. The molecular formula is C10H12F2O. The van der Waals surface area contributed by atoms with Crippen LogP contribution < -0.4 is 0 Å². The van der Waals surface area contributed by atoms with Crippen molar-refractivity contribution in [1.29, 1.82) is 0 Å². The predicted octanol–water partition coefficient (Wildman–Crippen LogP) is 3.16. The second-order valence-corrected chi connectivity index (χ2v) is 3.05. The second kappa shape index (κ2) is 3.83. The Kier molecular flexibility index (Phi) is 2.98. The van der Waals surface area contributed by atoms with Crippen LogP contribution in [0.15, 0.2) is 30.3 Å². The van der Waals surface area contributed by atoms with Crippen LogP contribution in [0, 0.1) is 0 Å². The highest BCUT2D eigenvalue weighted by molar-refractivity contribution is 5.17. The summed E-state index contributed by atoms with van der Waals surface area (Å²) < 4.78 is 30.9. The van der Waals surface area contributed by atoms with E-state index in [-0.39, 0.29) is 5.56 Å². The zero-order chi connectivity index (χ0) is 9.90. The molecule has 0 aliphatic heterocycles. The van der Waals surface area contributed by atoms with Crippen LogP contribution in [0.2, 0.25) is 0 Å². The Morgan fingerprint density at radius 2 is 1.69 bits per heavy atom. The Bertz CT molecular complexity index is 257. The molecule has 1 rings (SSSR count). The van der Waals surface area contributed by atoms with Crippen LogP contribution in [0.5, 0.6) is 0 Å². The Hall–Kier alpha value is -0.960. The van der Waals surface area contributed by atoms with Gasteiger partial charge in [0, 0.05) is 0 Å². The van der Waals surface area contributed by atoms with Crippen LogP contribution in [-0.2, 0) is 10.8 Å². The minimum atomic E-state index is -3.19. The Labute approximate surface area is 76.3 Å². The van der Waals surface area contributed by atoms with E-state index in [9.17, 15) is 8.78 Å². The molecule has 0 radical (unpaired) electrons. The number of hydrogen-bond acceptors (Lipinski definition) is 1. The summed E-state index contributed by atoms with van der Waals surface area (Å²) in [4.78, 5) is 0. The first-order chi connectivity index (χ1) is 6.02. The van der Waals surface area contributed by atoms with Crippen LogP contribution in [0.3, 0.4) is 0 Å². The molecule has 0 fully saturated rings. The Morgan fingerprint density at radius 1 is 1.15 bits per heavy atom. The SMILES string of the molecule is CC(C)OC(F)(F)c1ccccc1. The van der Waals surface area contributed by atoms with Crippen molar-refractivity contribution in [3.8, 4) is 0 Å². The normalized spacial score (nSPS) is 12.1. The van der Waals surface area contributed by atoms with Gasteiger partial charge in [-0.25, -0.2) is 0 Å². The van der Waals surface area contributed by atoms with Gasteiger partial charge >= 0.3 is 6.11 Å². The third-order valence-corrected chi connectivity index (χ3v) is 1.49. The van der Waals surface area contributed by atoms with Crippen LogP contribution in [0.25, 0.3) is 0 Å². The van der Waals surface area contributed by atoms with E-state index >= 15 is 0 Å². The van der Waals surface area contributed by atoms with Gasteiger partial charge in [-0.05, 0) is 13.8 Å². The maximum Gasteiger partial charge on any atom is 0.383 e. The van der Waals surface area contributed by atoms with Gasteiger partial charge in [-0.3, -0.25) is 0 Å². The fourth-order valence-corrected chi connectivity index (χ4v) is 0.996. The quantitative estimate of drug-likeness (QED) is 0.704. The van der Waals surface area contributed by atoms with Gasteiger partial charge in [-0.15, -0.1) is 0 Å². The van der Waals surface area contributed by atoms with Crippen molar-refractivity contribution in [3.05, 3.63) is 35.9 Å². The molecule has 0 aliphatic rings. The summed E-state index contributed by atoms with van der Waals surface area (Å²) >= 11 is 0. The smallest absolute Gasteiger partial charge is 0.314 e. The van der Waals surface area contributed by atoms with Gasteiger partial charge in [0.05, 0.1) is 11.7 Å². The molecular weight excluding hydrogens is 174 g/mol. The van der Waals surface area contributed by atoms with E-state index in [1.165, 1.54) is 12.1 Å². The van der Waals surface area contributed by atoms with E-state index in [0.29, 0.717) is 0 Å². The number of halogens is 2. The Morgan fingerprint density at radius 3 is 2.15 bits per heavy atom. The minimum absolute atomic E-state index is 0.108. The molecule has 0 spiro atoms. The van der Waals surface area contributed by atoms with Crippen LogP contribution in [0.1, 0.15) is 19.4 Å². The van der Waals surface area contributed by atoms with E-state index in [1.807, 2.05) is 0 Å². The summed E-state index contributed by atoms with van der Waals surface area (Å²) in [7, 11) is 0. The molecule has 0 amide bonds. The summed E-state index contributed by atoms with van der Waals surface area (Å²) in [6, 6.07) is 7.51. The van der Waals surface area contributed by atoms with E-state index < -0.39 is 12.2 Å². The molecule has 0 heterocycles. The van der Waals surface area contributed by atoms with Crippen molar-refractivity contribution < 1.29 is 13.5 Å². The van der Waals surface area contributed by atoms with Gasteiger partial charge < -0.3 is 4.74 Å². The maximum absolute atomic E-state index is 13.2. The van der Waals surface area contributed by atoms with Gasteiger partial charge in [-0.1, -0.05) is 30.3 Å². The van der Waals surface area contributed by atoms with Crippen molar-refractivity contribution in [1.82, 2.24) is 0 Å². The van der Waals surface area contributed by atoms with Crippen molar-refractivity contribution in [2.45, 2.75) is 26.1 Å². The molecule has 0 aromatic heterocycles. The highest BCUT2D eigenvalue weighted by Crippen LogP contribution is 2.30. The molecule has 13 heavy (non-hydrogen) atoms. The largest absolute Gasteiger partial charge is 0.383 e. The highest BCUT2D eigenvalue weighted by Gasteiger charge is 2.33. The molecule has 0 saturated carbocycles. The molecule has 1 aromatic rings. The second-order valence-electron chi connectivity index (χ2n) is 3.05. The highest BCUT2D eigenvalue weighted by atomic mass is 19.3. The molecule has 1 nitrogen and oxygen atoms in total. The average molecular weight is 186 g/mol. The topological polar surface area (TPSA) is 9.23 Å². The number of rotatable bonds is 3. The zero-order valence-corrected chi connectivity index (χ0v) is 7.63. The van der Waals surface area contributed by atoms with Crippen molar-refractivity contribution in [2.75, 3.05) is 0 Å². The summed E-state index contributed by atoms with van der Waals surface area (Å²) in [6.45, 7) is 3.16. The van der Waals surface area contributed by atoms with Crippen molar-refractivity contribution in [2.24, 2.45) is 0 Å². The summed E-state index contributed by atoms with van der Waals surface area (Å²) in [5.74, 6) is 0. The maximum atomic E-state index is 13.2. The molecule has 0 bridgehead atoms. The van der Waals surface area contributed by atoms with Crippen molar-refractivity contribution >= 4 is 0 Å². The first kappa shape index (κ1) is 10.1.